The molecule has 0 aromatic heterocycles. The Morgan fingerprint density at radius 1 is 1.04 bits per heavy atom. The number of benzene rings is 2. The number of carbonyl (C=O) groups is 1. The van der Waals surface area contributed by atoms with Crippen LogP contribution in [0.4, 0.5) is 5.69 Å². The molecule has 27 heavy (non-hydrogen) atoms. The number of hydrogen-bond acceptors (Lipinski definition) is 2. The van der Waals surface area contributed by atoms with Crippen molar-refractivity contribution in [1.82, 2.24) is 5.32 Å². The molecule has 142 valence electrons. The van der Waals surface area contributed by atoms with Gasteiger partial charge >= 0.3 is 0 Å². The lowest BCUT2D eigenvalue weighted by Crippen LogP contribution is -2.34. The zero-order chi connectivity index (χ0) is 18.6. The van der Waals surface area contributed by atoms with Gasteiger partial charge in [0, 0.05) is 30.9 Å². The minimum Gasteiger partial charge on any atom is -0.371 e. The number of amides is 1. The molecule has 1 saturated heterocycles. The maximum Gasteiger partial charge on any atom is 0.251 e. The quantitative estimate of drug-likeness (QED) is 0.853. The fourth-order valence-electron chi connectivity index (χ4n) is 4.41. The van der Waals surface area contributed by atoms with Crippen molar-refractivity contribution in [2.45, 2.75) is 52.0 Å². The Morgan fingerprint density at radius 2 is 1.81 bits per heavy atom. The van der Waals surface area contributed by atoms with Crippen molar-refractivity contribution >= 4 is 11.6 Å². The summed E-state index contributed by atoms with van der Waals surface area (Å²) in [4.78, 5) is 15.0. The summed E-state index contributed by atoms with van der Waals surface area (Å²) in [7, 11) is 0. The van der Waals surface area contributed by atoms with Gasteiger partial charge in [-0.05, 0) is 85.4 Å². The van der Waals surface area contributed by atoms with Crippen LogP contribution in [0.3, 0.4) is 0 Å². The molecule has 1 N–H and O–H groups in total. The third-order valence-electron chi connectivity index (χ3n) is 6.02. The fraction of sp³-hybridized carbons (Fsp3) is 0.458. The molecule has 0 bridgehead atoms. The average molecular weight is 363 g/mol. The second kappa shape index (κ2) is 8.16. The number of nitrogens with one attached hydrogen (secondary N) is 1. The number of carbonyl (C=O) groups excluding carboxylic acids is 1. The number of rotatable bonds is 4. The number of piperidine rings is 1. The minimum absolute atomic E-state index is 0.0253. The lowest BCUT2D eigenvalue weighted by atomic mass is 9.90. The molecule has 2 aliphatic rings. The maximum atomic E-state index is 12.5. The van der Waals surface area contributed by atoms with E-state index in [9.17, 15) is 4.79 Å². The predicted octanol–water partition coefficient (Wildman–Crippen LogP) is 4.73. The first-order valence-electron chi connectivity index (χ1n) is 10.4. The molecule has 1 atom stereocenters. The molecule has 2 aromatic rings. The first kappa shape index (κ1) is 18.1. The molecule has 0 unspecified atom stereocenters. The molecule has 1 aliphatic heterocycles. The predicted molar refractivity (Wildman–Crippen MR) is 111 cm³/mol. The molecule has 2 aromatic carbocycles. The molecule has 1 amide bonds. The molecule has 0 spiro atoms. The van der Waals surface area contributed by atoms with Gasteiger partial charge < -0.3 is 10.2 Å². The van der Waals surface area contributed by atoms with Gasteiger partial charge in [-0.25, -0.2) is 0 Å². The normalized spacial score (nSPS) is 19.4. The minimum atomic E-state index is 0.0253. The smallest absolute Gasteiger partial charge is 0.251 e. The number of aryl methyl sites for hydroxylation is 2. The van der Waals surface area contributed by atoms with E-state index in [0.717, 1.165) is 43.0 Å². The topological polar surface area (TPSA) is 32.3 Å². The summed E-state index contributed by atoms with van der Waals surface area (Å²) in [5, 5.41) is 3.08. The summed E-state index contributed by atoms with van der Waals surface area (Å²) < 4.78 is 0. The Labute approximate surface area is 162 Å². The molecular weight excluding hydrogens is 332 g/mol. The Bertz CT molecular complexity index is 797. The molecule has 3 nitrogen and oxygen atoms in total. The summed E-state index contributed by atoms with van der Waals surface area (Å²) in [6.45, 7) is 5.20. The zero-order valence-corrected chi connectivity index (χ0v) is 16.3. The number of nitrogens with zero attached hydrogens (tertiary/aromatic N) is 1. The SMILES string of the molecule is C[C@@H]1CCCN(c2ccc(CNC(=O)c3ccc4c(c3)CCCC4)cc2)C1. The van der Waals surface area contributed by atoms with E-state index in [1.807, 2.05) is 6.07 Å². The van der Waals surface area contributed by atoms with E-state index in [-0.39, 0.29) is 5.91 Å². The summed E-state index contributed by atoms with van der Waals surface area (Å²) in [6, 6.07) is 14.9. The maximum absolute atomic E-state index is 12.5. The second-order valence-corrected chi connectivity index (χ2v) is 8.23. The monoisotopic (exact) mass is 362 g/mol. The van der Waals surface area contributed by atoms with Gasteiger partial charge in [0.2, 0.25) is 0 Å². The van der Waals surface area contributed by atoms with E-state index in [1.165, 1.54) is 42.5 Å². The molecule has 1 aliphatic carbocycles. The third-order valence-corrected chi connectivity index (χ3v) is 6.02. The summed E-state index contributed by atoms with van der Waals surface area (Å²) >= 11 is 0. The van der Waals surface area contributed by atoms with E-state index in [4.69, 9.17) is 0 Å². The van der Waals surface area contributed by atoms with Gasteiger partial charge in [0.05, 0.1) is 0 Å². The van der Waals surface area contributed by atoms with Crippen LogP contribution in [0.1, 0.15) is 59.7 Å². The van der Waals surface area contributed by atoms with Gasteiger partial charge in [-0.1, -0.05) is 25.1 Å². The van der Waals surface area contributed by atoms with Crippen LogP contribution in [-0.2, 0) is 19.4 Å². The van der Waals surface area contributed by atoms with Crippen LogP contribution >= 0.6 is 0 Å². The molecule has 3 heteroatoms. The highest BCUT2D eigenvalue weighted by molar-refractivity contribution is 5.94. The number of hydrogen-bond donors (Lipinski definition) is 1. The number of anilines is 1. The van der Waals surface area contributed by atoms with Gasteiger partial charge in [-0.3, -0.25) is 4.79 Å². The van der Waals surface area contributed by atoms with E-state index in [2.05, 4.69) is 53.5 Å². The summed E-state index contributed by atoms with van der Waals surface area (Å²) in [5.74, 6) is 0.798. The first-order chi connectivity index (χ1) is 13.2. The van der Waals surface area contributed by atoms with Crippen molar-refractivity contribution in [3.8, 4) is 0 Å². The van der Waals surface area contributed by atoms with Crippen molar-refractivity contribution < 1.29 is 4.79 Å². The molecular formula is C24H30N2O. The Hall–Kier alpha value is -2.29. The molecule has 0 radical (unpaired) electrons. The van der Waals surface area contributed by atoms with E-state index >= 15 is 0 Å². The highest BCUT2D eigenvalue weighted by Crippen LogP contribution is 2.24. The van der Waals surface area contributed by atoms with Crippen molar-refractivity contribution in [2.75, 3.05) is 18.0 Å². The van der Waals surface area contributed by atoms with Crippen molar-refractivity contribution in [3.63, 3.8) is 0 Å². The molecule has 1 fully saturated rings. The van der Waals surface area contributed by atoms with Crippen molar-refractivity contribution in [3.05, 3.63) is 64.7 Å². The lowest BCUT2D eigenvalue weighted by molar-refractivity contribution is 0.0951. The standard InChI is InChI=1S/C24H30N2O/c1-18-5-4-14-26(17-18)23-12-8-19(9-13-23)16-25-24(27)22-11-10-20-6-2-3-7-21(20)15-22/h8-13,15,18H,2-7,14,16-17H2,1H3,(H,25,27)/t18-/m1/s1. The second-order valence-electron chi connectivity index (χ2n) is 8.23. The van der Waals surface area contributed by atoms with Crippen molar-refractivity contribution in [1.29, 1.82) is 0 Å². The van der Waals surface area contributed by atoms with Crippen LogP contribution in [0, 0.1) is 5.92 Å². The van der Waals surface area contributed by atoms with Crippen LogP contribution in [0.15, 0.2) is 42.5 Å². The van der Waals surface area contributed by atoms with Gasteiger partial charge in [-0.15, -0.1) is 0 Å². The third kappa shape index (κ3) is 4.35. The first-order valence-corrected chi connectivity index (χ1v) is 10.4. The van der Waals surface area contributed by atoms with Crippen LogP contribution in [0.5, 0.6) is 0 Å². The van der Waals surface area contributed by atoms with Crippen LogP contribution < -0.4 is 10.2 Å². The van der Waals surface area contributed by atoms with Gasteiger partial charge in [-0.2, -0.15) is 0 Å². The molecule has 4 rings (SSSR count). The zero-order valence-electron chi connectivity index (χ0n) is 16.3. The average Bonchev–Trinajstić information content (AvgIpc) is 2.72. The van der Waals surface area contributed by atoms with Crippen molar-refractivity contribution in [2.24, 2.45) is 5.92 Å². The van der Waals surface area contributed by atoms with Crippen LogP contribution in [0.2, 0.25) is 0 Å². The summed E-state index contributed by atoms with van der Waals surface area (Å²) in [6.07, 6.45) is 7.38. The van der Waals surface area contributed by atoms with E-state index in [0.29, 0.717) is 6.54 Å². The number of fused-ring (bicyclic) bond motifs is 1. The van der Waals surface area contributed by atoms with E-state index in [1.54, 1.807) is 0 Å². The van der Waals surface area contributed by atoms with E-state index < -0.39 is 0 Å². The largest absolute Gasteiger partial charge is 0.371 e. The highest BCUT2D eigenvalue weighted by atomic mass is 16.1. The highest BCUT2D eigenvalue weighted by Gasteiger charge is 2.16. The molecule has 0 saturated carbocycles. The van der Waals surface area contributed by atoms with Crippen LogP contribution in [0.25, 0.3) is 0 Å². The van der Waals surface area contributed by atoms with Crippen LogP contribution in [-0.4, -0.2) is 19.0 Å². The van der Waals surface area contributed by atoms with Gasteiger partial charge in [0.15, 0.2) is 0 Å². The summed E-state index contributed by atoms with van der Waals surface area (Å²) in [5.41, 5.74) is 6.01. The van der Waals surface area contributed by atoms with Gasteiger partial charge in [0.1, 0.15) is 0 Å². The fourth-order valence-corrected chi connectivity index (χ4v) is 4.41. The Kier molecular flexibility index (Phi) is 5.47. The Balaban J connectivity index is 1.35. The van der Waals surface area contributed by atoms with Gasteiger partial charge in [0.25, 0.3) is 5.91 Å². The molecule has 1 heterocycles. The Morgan fingerprint density at radius 3 is 2.59 bits per heavy atom. The lowest BCUT2D eigenvalue weighted by Gasteiger charge is -2.32.